The lowest BCUT2D eigenvalue weighted by Crippen LogP contribution is -2.42. The molecule has 3 rings (SSSR count). The quantitative estimate of drug-likeness (QED) is 0.589. The van der Waals surface area contributed by atoms with Crippen LogP contribution in [0.15, 0.2) is 6.33 Å². The number of fused-ring (bicyclic) bond motifs is 1. The molecule has 0 aliphatic carbocycles. The van der Waals surface area contributed by atoms with E-state index in [-0.39, 0.29) is 0 Å². The van der Waals surface area contributed by atoms with Gasteiger partial charge in [-0.05, 0) is 46.3 Å². The zero-order chi connectivity index (χ0) is 19.7. The second kappa shape index (κ2) is 7.57. The molecule has 10 nitrogen and oxygen atoms in total. The van der Waals surface area contributed by atoms with Gasteiger partial charge in [-0.1, -0.05) is 0 Å². The Morgan fingerprint density at radius 1 is 1.37 bits per heavy atom. The number of amides is 1. The maximum absolute atomic E-state index is 10.9. The van der Waals surface area contributed by atoms with E-state index in [1.807, 2.05) is 6.92 Å². The van der Waals surface area contributed by atoms with Crippen LogP contribution in [0.1, 0.15) is 37.0 Å². The summed E-state index contributed by atoms with van der Waals surface area (Å²) in [7, 11) is 4.23. The van der Waals surface area contributed by atoms with Gasteiger partial charge in [0, 0.05) is 24.7 Å². The lowest BCUT2D eigenvalue weighted by atomic mass is 10.0. The summed E-state index contributed by atoms with van der Waals surface area (Å²) in [6.45, 7) is 5.57. The molecule has 0 bridgehead atoms. The molecule has 27 heavy (non-hydrogen) atoms. The fourth-order valence-electron chi connectivity index (χ4n) is 3.87. The Kier molecular flexibility index (Phi) is 5.38. The van der Waals surface area contributed by atoms with Gasteiger partial charge in [-0.2, -0.15) is 9.99 Å². The zero-order valence-corrected chi connectivity index (χ0v) is 16.2. The molecule has 10 heteroatoms. The molecule has 4 N–H and O–H groups in total. The Hall–Kier alpha value is -2.59. The summed E-state index contributed by atoms with van der Waals surface area (Å²) < 4.78 is 1.80. The summed E-state index contributed by atoms with van der Waals surface area (Å²) in [6.07, 6.45) is 1.98. The van der Waals surface area contributed by atoms with E-state index in [1.54, 1.807) is 11.4 Å². The van der Waals surface area contributed by atoms with Crippen LogP contribution >= 0.6 is 0 Å². The van der Waals surface area contributed by atoms with Gasteiger partial charge < -0.3 is 21.3 Å². The fourth-order valence-corrected chi connectivity index (χ4v) is 3.87. The number of primary amides is 1. The molecule has 1 unspecified atom stereocenters. The van der Waals surface area contributed by atoms with E-state index >= 15 is 0 Å². The first-order valence-electron chi connectivity index (χ1n) is 8.97. The van der Waals surface area contributed by atoms with E-state index in [9.17, 15) is 4.79 Å². The van der Waals surface area contributed by atoms with Gasteiger partial charge in [0.2, 0.25) is 0 Å². The number of carbonyl (C=O) groups is 1. The molecule has 0 saturated carbocycles. The van der Waals surface area contributed by atoms with Gasteiger partial charge in [-0.25, -0.2) is 14.3 Å². The summed E-state index contributed by atoms with van der Waals surface area (Å²) in [5.74, 6) is 1.30. The van der Waals surface area contributed by atoms with Crippen LogP contribution in [0, 0.1) is 6.92 Å². The van der Waals surface area contributed by atoms with Crippen LogP contribution in [0.5, 0.6) is 0 Å². The minimum Gasteiger partial charge on any atom is -0.382 e. The molecule has 2 aromatic rings. The first-order valence-corrected chi connectivity index (χ1v) is 8.97. The molecule has 1 fully saturated rings. The van der Waals surface area contributed by atoms with Gasteiger partial charge in [0.25, 0.3) is 0 Å². The number of anilines is 2. The highest BCUT2D eigenvalue weighted by Crippen LogP contribution is 2.37. The Bertz CT molecular complexity index is 828. The number of carbonyl (C=O) groups excluding carboxylic acids is 1. The predicted molar refractivity (Wildman–Crippen MR) is 101 cm³/mol. The summed E-state index contributed by atoms with van der Waals surface area (Å²) in [4.78, 5) is 29.3. The van der Waals surface area contributed by atoms with Crippen molar-refractivity contribution < 1.29 is 14.6 Å². The highest BCUT2D eigenvalue weighted by Gasteiger charge is 2.29. The molecule has 2 aromatic heterocycles. The molecule has 1 amide bonds. The molecule has 1 aliphatic heterocycles. The van der Waals surface area contributed by atoms with Gasteiger partial charge in [-0.15, -0.1) is 0 Å². The normalized spacial score (nSPS) is 16.9. The van der Waals surface area contributed by atoms with Crippen molar-refractivity contribution in [1.29, 1.82) is 0 Å². The van der Waals surface area contributed by atoms with E-state index in [2.05, 4.69) is 38.9 Å². The van der Waals surface area contributed by atoms with Gasteiger partial charge in [-0.3, -0.25) is 4.89 Å². The van der Waals surface area contributed by atoms with Crippen molar-refractivity contribution >= 4 is 23.2 Å². The Morgan fingerprint density at radius 2 is 2.04 bits per heavy atom. The molecule has 1 saturated heterocycles. The third-order valence-corrected chi connectivity index (χ3v) is 5.19. The Morgan fingerprint density at radius 3 is 2.63 bits per heavy atom. The van der Waals surface area contributed by atoms with Gasteiger partial charge >= 0.3 is 6.09 Å². The number of hydrogen-bond acceptors (Lipinski definition) is 8. The van der Waals surface area contributed by atoms with Crippen LogP contribution in [0.25, 0.3) is 5.52 Å². The molecule has 0 aromatic carbocycles. The van der Waals surface area contributed by atoms with Crippen molar-refractivity contribution in [3.63, 3.8) is 0 Å². The highest BCUT2D eigenvalue weighted by molar-refractivity contribution is 5.78. The zero-order valence-electron chi connectivity index (χ0n) is 16.2. The van der Waals surface area contributed by atoms with Crippen LogP contribution in [0.2, 0.25) is 0 Å². The van der Waals surface area contributed by atoms with Crippen LogP contribution in [0.4, 0.5) is 16.4 Å². The summed E-state index contributed by atoms with van der Waals surface area (Å²) in [5, 5.41) is 4.42. The fraction of sp³-hybridized carbons (Fsp3) is 0.588. The average Bonchev–Trinajstić information content (AvgIpc) is 2.93. The van der Waals surface area contributed by atoms with Crippen molar-refractivity contribution in [2.24, 2.45) is 5.73 Å². The predicted octanol–water partition coefficient (Wildman–Crippen LogP) is 1.24. The molecule has 0 radical (unpaired) electrons. The third-order valence-electron chi connectivity index (χ3n) is 5.19. The lowest BCUT2D eigenvalue weighted by Gasteiger charge is -2.36. The van der Waals surface area contributed by atoms with Gasteiger partial charge in [0.05, 0.1) is 0 Å². The topological polar surface area (TPSA) is 124 Å². The summed E-state index contributed by atoms with van der Waals surface area (Å²) in [6, 6.07) is 0.568. The van der Waals surface area contributed by atoms with Crippen molar-refractivity contribution in [2.75, 3.05) is 37.8 Å². The number of nitrogens with two attached hydrogens (primary N) is 2. The molecular formula is C17H27N7O3. The molecular weight excluding hydrogens is 350 g/mol. The molecule has 1 atom stereocenters. The minimum atomic E-state index is -1.00. The first-order chi connectivity index (χ1) is 12.8. The molecule has 3 heterocycles. The summed E-state index contributed by atoms with van der Waals surface area (Å²) >= 11 is 0. The van der Waals surface area contributed by atoms with Crippen molar-refractivity contribution in [1.82, 2.24) is 19.5 Å². The van der Waals surface area contributed by atoms with E-state index in [0.717, 1.165) is 42.9 Å². The number of rotatable bonds is 5. The smallest absolute Gasteiger partial charge is 0.382 e. The standard InChI is InChI=1S/C17H27N7O3/c1-10-13(11(2)26-27-17(19)25)14-15(18)20-9-21-24(14)16(10)23-7-5-12(6-8-23)22(3)4/h9,11-12H,5-8H2,1-4H3,(H2,19,25)(H2,18,20,21). The van der Waals surface area contributed by atoms with Crippen LogP contribution < -0.4 is 16.4 Å². The highest BCUT2D eigenvalue weighted by atomic mass is 17.2. The van der Waals surface area contributed by atoms with E-state index in [0.29, 0.717) is 17.4 Å². The van der Waals surface area contributed by atoms with Gasteiger partial charge in [0.1, 0.15) is 23.8 Å². The number of aromatic nitrogens is 3. The largest absolute Gasteiger partial charge is 0.436 e. The Balaban J connectivity index is 2.00. The summed E-state index contributed by atoms with van der Waals surface area (Å²) in [5.41, 5.74) is 13.5. The first kappa shape index (κ1) is 19.2. The lowest BCUT2D eigenvalue weighted by molar-refractivity contribution is -0.269. The van der Waals surface area contributed by atoms with E-state index in [4.69, 9.17) is 16.4 Å². The number of hydrogen-bond donors (Lipinski definition) is 2. The van der Waals surface area contributed by atoms with Crippen molar-refractivity contribution in [3.8, 4) is 0 Å². The van der Waals surface area contributed by atoms with Crippen molar-refractivity contribution in [3.05, 3.63) is 17.5 Å². The van der Waals surface area contributed by atoms with E-state index < -0.39 is 12.2 Å². The SMILES string of the molecule is Cc1c(C(C)OOC(N)=O)c2c(N)ncnn2c1N1CCC(N(C)C)CC1. The monoisotopic (exact) mass is 377 g/mol. The number of nitrogen functional groups attached to an aromatic ring is 1. The molecule has 1 aliphatic rings. The van der Waals surface area contributed by atoms with Crippen LogP contribution in [0.3, 0.4) is 0 Å². The van der Waals surface area contributed by atoms with E-state index in [1.165, 1.54) is 6.33 Å². The maximum atomic E-state index is 10.9. The number of nitrogens with zero attached hydrogens (tertiary/aromatic N) is 5. The van der Waals surface area contributed by atoms with Crippen LogP contribution in [-0.2, 0) is 9.78 Å². The number of piperidine rings is 1. The molecule has 0 spiro atoms. The average molecular weight is 377 g/mol. The third kappa shape index (κ3) is 3.62. The Labute approximate surface area is 157 Å². The second-order valence-corrected chi connectivity index (χ2v) is 7.09. The molecule has 148 valence electrons. The van der Waals surface area contributed by atoms with Crippen LogP contribution in [-0.4, -0.2) is 58.8 Å². The van der Waals surface area contributed by atoms with Gasteiger partial charge in [0.15, 0.2) is 5.82 Å². The van der Waals surface area contributed by atoms with Crippen molar-refractivity contribution in [2.45, 2.75) is 38.8 Å². The maximum Gasteiger partial charge on any atom is 0.436 e. The second-order valence-electron chi connectivity index (χ2n) is 7.09. The minimum absolute atomic E-state index is 0.340.